The molecule has 0 radical (unpaired) electrons. The molecule has 0 aliphatic carbocycles. The minimum Gasteiger partial charge on any atom is -0.497 e. The second-order valence-corrected chi connectivity index (χ2v) is 8.02. The molecule has 146 valence electrons. The van der Waals surface area contributed by atoms with Crippen LogP contribution in [0, 0.1) is 0 Å². The average Bonchev–Trinajstić information content (AvgIpc) is 3.08. The van der Waals surface area contributed by atoms with Crippen LogP contribution in [0.15, 0.2) is 58.2 Å². The maximum absolute atomic E-state index is 12.5. The number of benzene rings is 2. The van der Waals surface area contributed by atoms with E-state index in [2.05, 4.69) is 26.1 Å². The Morgan fingerprint density at radius 2 is 1.89 bits per heavy atom. The maximum Gasteiger partial charge on any atom is 0.233 e. The van der Waals surface area contributed by atoms with E-state index in [4.69, 9.17) is 4.74 Å². The molecule has 1 amide bonds. The smallest absolute Gasteiger partial charge is 0.233 e. The number of thioether (sulfide) groups is 1. The second kappa shape index (κ2) is 9.25. The zero-order chi connectivity index (χ0) is 20.1. The molecular weight excluding hydrogens is 440 g/mol. The summed E-state index contributed by atoms with van der Waals surface area (Å²) in [6.45, 7) is 0.552. The fourth-order valence-corrected chi connectivity index (χ4v) is 3.90. The third-order valence-electron chi connectivity index (χ3n) is 4.30. The summed E-state index contributed by atoms with van der Waals surface area (Å²) in [5.74, 6) is 1.88. The molecule has 0 saturated carbocycles. The molecule has 6 nitrogen and oxygen atoms in total. The Balaban J connectivity index is 1.62. The lowest BCUT2D eigenvalue weighted by Gasteiger charge is -2.17. The molecular formula is C20H21BrN4O2S. The van der Waals surface area contributed by atoms with Crippen LogP contribution in [-0.4, -0.2) is 45.5 Å². The fraction of sp³-hybridized carbons (Fsp3) is 0.250. The van der Waals surface area contributed by atoms with Crippen LogP contribution >= 0.6 is 27.7 Å². The molecule has 0 aliphatic heterocycles. The summed E-state index contributed by atoms with van der Waals surface area (Å²) in [4.78, 5) is 14.2. The molecule has 3 rings (SSSR count). The first-order valence-electron chi connectivity index (χ1n) is 8.63. The summed E-state index contributed by atoms with van der Waals surface area (Å²) in [6, 6.07) is 15.6. The Kier molecular flexibility index (Phi) is 6.74. The first-order valence-corrected chi connectivity index (χ1v) is 10.4. The van der Waals surface area contributed by atoms with Gasteiger partial charge in [-0.15, -0.1) is 10.2 Å². The fourth-order valence-electron chi connectivity index (χ4n) is 2.64. The van der Waals surface area contributed by atoms with Crippen LogP contribution in [0.4, 0.5) is 0 Å². The zero-order valence-corrected chi connectivity index (χ0v) is 18.3. The standard InChI is InChI=1S/C20H21BrN4O2S/c1-24(12-15-6-4-5-7-17(15)21)18(26)13-28-20-23-22-19(25(20)2)14-8-10-16(27-3)11-9-14/h4-11H,12-13H2,1-3H3. The number of carbonyl (C=O) groups excluding carboxylic acids is 1. The van der Waals surface area contributed by atoms with Crippen molar-refractivity contribution in [2.45, 2.75) is 11.7 Å². The highest BCUT2D eigenvalue weighted by atomic mass is 79.9. The van der Waals surface area contributed by atoms with Crippen LogP contribution in [0.5, 0.6) is 5.75 Å². The summed E-state index contributed by atoms with van der Waals surface area (Å²) in [5, 5.41) is 9.20. The van der Waals surface area contributed by atoms with Crippen LogP contribution in [0.2, 0.25) is 0 Å². The summed E-state index contributed by atoms with van der Waals surface area (Å²) in [5.41, 5.74) is 2.02. The number of methoxy groups -OCH3 is 1. The number of hydrogen-bond acceptors (Lipinski definition) is 5. The number of hydrogen-bond donors (Lipinski definition) is 0. The Labute approximate surface area is 177 Å². The molecule has 0 fully saturated rings. The van der Waals surface area contributed by atoms with Crippen LogP contribution in [0.25, 0.3) is 11.4 Å². The molecule has 0 atom stereocenters. The third kappa shape index (κ3) is 4.74. The second-order valence-electron chi connectivity index (χ2n) is 6.22. The lowest BCUT2D eigenvalue weighted by atomic mass is 10.2. The van der Waals surface area contributed by atoms with E-state index in [1.54, 1.807) is 12.0 Å². The topological polar surface area (TPSA) is 60.3 Å². The van der Waals surface area contributed by atoms with E-state index >= 15 is 0 Å². The van der Waals surface area contributed by atoms with Gasteiger partial charge in [-0.2, -0.15) is 0 Å². The van der Waals surface area contributed by atoms with Gasteiger partial charge in [0.25, 0.3) is 0 Å². The highest BCUT2D eigenvalue weighted by molar-refractivity contribution is 9.10. The average molecular weight is 461 g/mol. The van der Waals surface area contributed by atoms with Crippen molar-refractivity contribution in [3.05, 3.63) is 58.6 Å². The van der Waals surface area contributed by atoms with Gasteiger partial charge < -0.3 is 14.2 Å². The van der Waals surface area contributed by atoms with Gasteiger partial charge in [-0.3, -0.25) is 4.79 Å². The molecule has 28 heavy (non-hydrogen) atoms. The van der Waals surface area contributed by atoms with E-state index in [-0.39, 0.29) is 5.91 Å². The molecule has 0 N–H and O–H groups in total. The van der Waals surface area contributed by atoms with Gasteiger partial charge in [-0.05, 0) is 35.9 Å². The highest BCUT2D eigenvalue weighted by Crippen LogP contribution is 2.25. The number of aromatic nitrogens is 3. The minimum atomic E-state index is 0.0368. The van der Waals surface area contributed by atoms with Gasteiger partial charge in [0.1, 0.15) is 5.75 Å². The molecule has 1 heterocycles. The quantitative estimate of drug-likeness (QED) is 0.498. The number of ether oxygens (including phenoxy) is 1. The Hall–Kier alpha value is -2.32. The van der Waals surface area contributed by atoms with E-state index in [0.717, 1.165) is 27.2 Å². The number of rotatable bonds is 7. The van der Waals surface area contributed by atoms with Crippen LogP contribution < -0.4 is 4.74 Å². The Bertz CT molecular complexity index is 959. The van der Waals surface area contributed by atoms with Crippen molar-refractivity contribution in [2.75, 3.05) is 19.9 Å². The van der Waals surface area contributed by atoms with Gasteiger partial charge in [0.05, 0.1) is 12.9 Å². The van der Waals surface area contributed by atoms with Crippen molar-refractivity contribution in [3.63, 3.8) is 0 Å². The van der Waals surface area contributed by atoms with Crippen molar-refractivity contribution < 1.29 is 9.53 Å². The number of halogens is 1. The van der Waals surface area contributed by atoms with Gasteiger partial charge in [0.15, 0.2) is 11.0 Å². The molecule has 0 unspecified atom stereocenters. The van der Waals surface area contributed by atoms with Gasteiger partial charge in [0, 0.05) is 30.7 Å². The van der Waals surface area contributed by atoms with Crippen molar-refractivity contribution >= 4 is 33.6 Å². The number of amides is 1. The largest absolute Gasteiger partial charge is 0.497 e. The molecule has 0 aliphatic rings. The van der Waals surface area contributed by atoms with E-state index in [1.807, 2.05) is 67.2 Å². The summed E-state index contributed by atoms with van der Waals surface area (Å²) in [6.07, 6.45) is 0. The highest BCUT2D eigenvalue weighted by Gasteiger charge is 2.15. The Morgan fingerprint density at radius 3 is 2.57 bits per heavy atom. The molecule has 2 aromatic carbocycles. The lowest BCUT2D eigenvalue weighted by molar-refractivity contribution is -0.127. The molecule has 0 saturated heterocycles. The van der Waals surface area contributed by atoms with Crippen LogP contribution in [-0.2, 0) is 18.4 Å². The van der Waals surface area contributed by atoms with Crippen molar-refractivity contribution in [3.8, 4) is 17.1 Å². The first kappa shape index (κ1) is 20.4. The van der Waals surface area contributed by atoms with Gasteiger partial charge >= 0.3 is 0 Å². The molecule has 8 heteroatoms. The monoisotopic (exact) mass is 460 g/mol. The van der Waals surface area contributed by atoms with E-state index in [9.17, 15) is 4.79 Å². The van der Waals surface area contributed by atoms with Crippen molar-refractivity contribution in [2.24, 2.45) is 7.05 Å². The summed E-state index contributed by atoms with van der Waals surface area (Å²) >= 11 is 4.90. The summed E-state index contributed by atoms with van der Waals surface area (Å²) in [7, 11) is 5.34. The van der Waals surface area contributed by atoms with E-state index < -0.39 is 0 Å². The van der Waals surface area contributed by atoms with Crippen LogP contribution in [0.1, 0.15) is 5.56 Å². The van der Waals surface area contributed by atoms with Gasteiger partial charge in [-0.25, -0.2) is 0 Å². The molecule has 1 aromatic heterocycles. The molecule has 0 bridgehead atoms. The number of carbonyl (C=O) groups is 1. The van der Waals surface area contributed by atoms with Crippen molar-refractivity contribution in [1.82, 2.24) is 19.7 Å². The Morgan fingerprint density at radius 1 is 1.18 bits per heavy atom. The predicted octanol–water partition coefficient (Wildman–Crippen LogP) is 4.00. The third-order valence-corrected chi connectivity index (χ3v) is 6.08. The van der Waals surface area contributed by atoms with Crippen LogP contribution in [0.3, 0.4) is 0 Å². The van der Waals surface area contributed by atoms with Crippen molar-refractivity contribution in [1.29, 1.82) is 0 Å². The predicted molar refractivity (Wildman–Crippen MR) is 114 cm³/mol. The lowest BCUT2D eigenvalue weighted by Crippen LogP contribution is -2.28. The van der Waals surface area contributed by atoms with E-state index in [1.165, 1.54) is 11.8 Å². The summed E-state index contributed by atoms with van der Waals surface area (Å²) < 4.78 is 8.08. The SMILES string of the molecule is COc1ccc(-c2nnc(SCC(=O)N(C)Cc3ccccc3Br)n2C)cc1. The first-order chi connectivity index (χ1) is 13.5. The molecule has 0 spiro atoms. The minimum absolute atomic E-state index is 0.0368. The van der Waals surface area contributed by atoms with Gasteiger partial charge in [-0.1, -0.05) is 45.9 Å². The zero-order valence-electron chi connectivity index (χ0n) is 15.9. The maximum atomic E-state index is 12.5. The number of nitrogens with zero attached hydrogens (tertiary/aromatic N) is 4. The van der Waals surface area contributed by atoms with E-state index in [0.29, 0.717) is 17.5 Å². The van der Waals surface area contributed by atoms with Gasteiger partial charge in [0.2, 0.25) is 5.91 Å². The normalized spacial score (nSPS) is 10.7. The molecule has 3 aromatic rings.